The molecular weight excluding hydrogens is 562 g/mol. The molecule has 6 N–H and O–H groups in total. The van der Waals surface area contributed by atoms with Gasteiger partial charge in [-0.2, -0.15) is 0 Å². The van der Waals surface area contributed by atoms with Crippen molar-refractivity contribution in [3.63, 3.8) is 0 Å². The first-order valence-corrected chi connectivity index (χ1v) is 15.0. The van der Waals surface area contributed by atoms with Crippen molar-refractivity contribution in [2.75, 3.05) is 19.8 Å². The van der Waals surface area contributed by atoms with Gasteiger partial charge in [0.1, 0.15) is 23.2 Å². The standard InChI is InChI=1S/C28H43N7O8/c1-27(2,42)21-15-30-33-35(21)18-14-20(24(38)32-28(22(36)23(29)37)9-6-11-43-12-10-28)34(16-18)25(39)19(31-26(40)41)13-17-7-4-3-5-8-17/h15,17-20,31,42H,3-14,16H2,1-2H3,(H2,29,37)(H,32,38)(H,40,41)/t18-,19?,20-,28?/m0/s1. The van der Waals surface area contributed by atoms with E-state index in [1.807, 2.05) is 0 Å². The summed E-state index contributed by atoms with van der Waals surface area (Å²) < 4.78 is 6.94. The molecule has 3 fully saturated rings. The molecule has 4 rings (SSSR count). The van der Waals surface area contributed by atoms with Gasteiger partial charge in [-0.25, -0.2) is 9.48 Å². The van der Waals surface area contributed by atoms with Crippen molar-refractivity contribution in [2.24, 2.45) is 11.7 Å². The molecule has 1 aromatic heterocycles. The summed E-state index contributed by atoms with van der Waals surface area (Å²) in [5.74, 6) is -3.22. The summed E-state index contributed by atoms with van der Waals surface area (Å²) in [5, 5.41) is 33.5. The van der Waals surface area contributed by atoms with Gasteiger partial charge in [-0.1, -0.05) is 37.3 Å². The van der Waals surface area contributed by atoms with Crippen molar-refractivity contribution in [2.45, 2.75) is 107 Å². The molecule has 1 saturated carbocycles. The first-order valence-electron chi connectivity index (χ1n) is 15.0. The first-order chi connectivity index (χ1) is 20.3. The predicted octanol–water partition coefficient (Wildman–Crippen LogP) is 0.364. The third-order valence-corrected chi connectivity index (χ3v) is 8.89. The normalized spacial score (nSPS) is 25.9. The SMILES string of the molecule is CC(C)(O)c1cnnn1[C@H]1C[C@@H](C(=O)NC2(C(=O)C(N)=O)CCCOCC2)N(C(=O)C(CC2CCCCC2)NC(=O)O)C1. The summed E-state index contributed by atoms with van der Waals surface area (Å²) in [7, 11) is 0. The minimum atomic E-state index is -1.60. The lowest BCUT2D eigenvalue weighted by Gasteiger charge is -2.35. The molecule has 1 aliphatic carbocycles. The van der Waals surface area contributed by atoms with Crippen molar-refractivity contribution >= 4 is 29.6 Å². The van der Waals surface area contributed by atoms with Crippen molar-refractivity contribution in [3.8, 4) is 0 Å². The number of carbonyl (C=O) groups excluding carboxylic acids is 4. The maximum Gasteiger partial charge on any atom is 0.405 e. The Bertz CT molecular complexity index is 1200. The van der Waals surface area contributed by atoms with Crippen LogP contribution in [-0.2, 0) is 29.5 Å². The molecule has 1 aromatic rings. The molecular formula is C28H43N7O8. The van der Waals surface area contributed by atoms with Crippen LogP contribution < -0.4 is 16.4 Å². The number of nitrogens with one attached hydrogen (secondary N) is 2. The second-order valence-corrected chi connectivity index (χ2v) is 12.5. The third-order valence-electron chi connectivity index (χ3n) is 8.89. The van der Waals surface area contributed by atoms with Crippen LogP contribution in [0.3, 0.4) is 0 Å². The monoisotopic (exact) mass is 605 g/mol. The van der Waals surface area contributed by atoms with Gasteiger partial charge in [-0.3, -0.25) is 19.2 Å². The number of hydrogen-bond acceptors (Lipinski definition) is 9. The Hall–Kier alpha value is -3.59. The van der Waals surface area contributed by atoms with Crippen LogP contribution in [0.15, 0.2) is 6.20 Å². The Morgan fingerprint density at radius 3 is 2.51 bits per heavy atom. The lowest BCUT2D eigenvalue weighted by Crippen LogP contribution is -2.62. The van der Waals surface area contributed by atoms with Crippen LogP contribution in [0.2, 0.25) is 0 Å². The zero-order valence-corrected chi connectivity index (χ0v) is 24.8. The number of aliphatic hydroxyl groups is 1. The van der Waals surface area contributed by atoms with E-state index in [4.69, 9.17) is 10.5 Å². The highest BCUT2D eigenvalue weighted by atomic mass is 16.5. The smallest absolute Gasteiger partial charge is 0.405 e. The van der Waals surface area contributed by atoms with Crippen LogP contribution in [0, 0.1) is 5.92 Å². The number of primary amides is 1. The minimum absolute atomic E-state index is 0.0221. The van der Waals surface area contributed by atoms with E-state index in [1.54, 1.807) is 13.8 Å². The largest absolute Gasteiger partial charge is 0.465 e. The van der Waals surface area contributed by atoms with Crippen molar-refractivity contribution in [1.29, 1.82) is 0 Å². The van der Waals surface area contributed by atoms with Gasteiger partial charge in [0.05, 0.1) is 17.9 Å². The zero-order chi connectivity index (χ0) is 31.4. The number of amides is 4. The molecule has 15 heteroatoms. The van der Waals surface area contributed by atoms with Gasteiger partial charge < -0.3 is 36.2 Å². The third kappa shape index (κ3) is 7.50. The number of nitrogens with zero attached hydrogens (tertiary/aromatic N) is 4. The van der Waals surface area contributed by atoms with Crippen LogP contribution >= 0.6 is 0 Å². The number of carbonyl (C=O) groups is 5. The molecule has 4 amide bonds. The van der Waals surface area contributed by atoms with Crippen molar-refractivity contribution in [1.82, 2.24) is 30.5 Å². The Balaban J connectivity index is 1.67. The van der Waals surface area contributed by atoms with Gasteiger partial charge >= 0.3 is 6.09 Å². The number of ketones is 1. The van der Waals surface area contributed by atoms with E-state index in [1.165, 1.54) is 15.8 Å². The van der Waals surface area contributed by atoms with Gasteiger partial charge in [-0.15, -0.1) is 5.10 Å². The second-order valence-electron chi connectivity index (χ2n) is 12.5. The number of likely N-dealkylation sites (tertiary alicyclic amines) is 1. The van der Waals surface area contributed by atoms with E-state index in [2.05, 4.69) is 20.9 Å². The summed E-state index contributed by atoms with van der Waals surface area (Å²) in [6.45, 7) is 3.57. The summed E-state index contributed by atoms with van der Waals surface area (Å²) in [4.78, 5) is 66.3. The molecule has 2 unspecified atom stereocenters. The fraction of sp³-hybridized carbons (Fsp3) is 0.750. The Morgan fingerprint density at radius 1 is 1.14 bits per heavy atom. The van der Waals surface area contributed by atoms with E-state index in [0.29, 0.717) is 25.1 Å². The molecule has 15 nitrogen and oxygen atoms in total. The van der Waals surface area contributed by atoms with Crippen LogP contribution in [0.1, 0.15) is 89.8 Å². The molecule has 2 saturated heterocycles. The summed E-state index contributed by atoms with van der Waals surface area (Å²) in [6, 6.07) is -2.82. The maximum absolute atomic E-state index is 14.1. The van der Waals surface area contributed by atoms with Crippen molar-refractivity contribution < 1.29 is 38.9 Å². The predicted molar refractivity (Wildman–Crippen MR) is 150 cm³/mol. The van der Waals surface area contributed by atoms with Gasteiger partial charge in [0.2, 0.25) is 17.6 Å². The van der Waals surface area contributed by atoms with E-state index < -0.39 is 58.9 Å². The highest BCUT2D eigenvalue weighted by Gasteiger charge is 2.49. The molecule has 2 aliphatic heterocycles. The van der Waals surface area contributed by atoms with Crippen LogP contribution in [0.5, 0.6) is 0 Å². The van der Waals surface area contributed by atoms with E-state index in [9.17, 15) is 34.2 Å². The molecule has 0 bridgehead atoms. The van der Waals surface area contributed by atoms with E-state index in [0.717, 1.165) is 32.1 Å². The molecule has 0 spiro atoms. The van der Waals surface area contributed by atoms with Gasteiger partial charge in [0.15, 0.2) is 0 Å². The Kier molecular flexibility index (Phi) is 10.1. The molecule has 3 aliphatic rings. The number of aromatic nitrogens is 3. The molecule has 43 heavy (non-hydrogen) atoms. The number of ether oxygens (including phenoxy) is 1. The molecule has 4 atom stereocenters. The van der Waals surface area contributed by atoms with Gasteiger partial charge in [0.25, 0.3) is 5.91 Å². The van der Waals surface area contributed by atoms with Crippen LogP contribution in [-0.4, -0.2) is 97.1 Å². The number of Topliss-reactive ketones (excluding diaryl/α,β-unsaturated/α-hetero) is 1. The first kappa shape index (κ1) is 32.3. The molecule has 3 heterocycles. The lowest BCUT2D eigenvalue weighted by atomic mass is 9.84. The number of hydrogen-bond donors (Lipinski definition) is 5. The molecule has 0 aromatic carbocycles. The van der Waals surface area contributed by atoms with Crippen LogP contribution in [0.25, 0.3) is 0 Å². The number of carboxylic acid groups (broad SMARTS) is 1. The summed E-state index contributed by atoms with van der Waals surface area (Å²) in [5.41, 5.74) is 2.82. The van der Waals surface area contributed by atoms with Crippen molar-refractivity contribution in [3.05, 3.63) is 11.9 Å². The topological polar surface area (TPSA) is 219 Å². The van der Waals surface area contributed by atoms with E-state index >= 15 is 0 Å². The Morgan fingerprint density at radius 2 is 1.86 bits per heavy atom. The molecule has 238 valence electrons. The fourth-order valence-corrected chi connectivity index (χ4v) is 6.67. The maximum atomic E-state index is 14.1. The zero-order valence-electron chi connectivity index (χ0n) is 24.8. The van der Waals surface area contributed by atoms with Gasteiger partial charge in [0, 0.05) is 32.6 Å². The van der Waals surface area contributed by atoms with Gasteiger partial charge in [-0.05, 0) is 39.0 Å². The summed E-state index contributed by atoms with van der Waals surface area (Å²) >= 11 is 0. The number of nitrogens with two attached hydrogens (primary N) is 1. The average Bonchev–Trinajstić information content (AvgIpc) is 3.56. The Labute approximate surface area is 249 Å². The van der Waals surface area contributed by atoms with E-state index in [-0.39, 0.29) is 38.3 Å². The lowest BCUT2D eigenvalue weighted by molar-refractivity contribution is -0.145. The fourth-order valence-electron chi connectivity index (χ4n) is 6.67. The highest BCUT2D eigenvalue weighted by molar-refractivity contribution is 6.39. The minimum Gasteiger partial charge on any atom is -0.465 e. The highest BCUT2D eigenvalue weighted by Crippen LogP contribution is 2.34. The average molecular weight is 606 g/mol. The number of rotatable bonds is 10. The van der Waals surface area contributed by atoms with Crippen LogP contribution in [0.4, 0.5) is 4.79 Å². The molecule has 0 radical (unpaired) electrons. The summed E-state index contributed by atoms with van der Waals surface area (Å²) in [6.07, 6.45) is 5.80. The quantitative estimate of drug-likeness (QED) is 0.231. The second kappa shape index (κ2) is 13.4.